The molecule has 0 fully saturated rings. The van der Waals surface area contributed by atoms with Gasteiger partial charge in [0.2, 0.25) is 5.60 Å². The van der Waals surface area contributed by atoms with Gasteiger partial charge in [-0.1, -0.05) is 35.5 Å². The highest BCUT2D eigenvalue weighted by Gasteiger charge is 2.47. The number of rotatable bonds is 8. The Morgan fingerprint density at radius 3 is 2.59 bits per heavy atom. The number of carboxylic acid groups (broad SMARTS) is 1. The number of ether oxygens (including phenoxy) is 2. The minimum atomic E-state index is -1.70. The van der Waals surface area contributed by atoms with E-state index in [0.717, 1.165) is 5.56 Å². The van der Waals surface area contributed by atoms with E-state index in [9.17, 15) is 14.7 Å². The lowest BCUT2D eigenvalue weighted by Gasteiger charge is -2.26. The Kier molecular flexibility index (Phi) is 6.01. The average molecular weight is 397 g/mol. The van der Waals surface area contributed by atoms with Gasteiger partial charge in [-0.15, -0.1) is 0 Å². The van der Waals surface area contributed by atoms with E-state index in [2.05, 4.69) is 10.5 Å². The molecular weight excluding hydrogens is 376 g/mol. The SMILES string of the molecule is COc1ccc(OC)c(C2=NO[C@@](CC(=O)[O-])(C(=O)NCc3ccccc3)C2)c1. The number of nitrogens with one attached hydrogen (secondary N) is 1. The van der Waals surface area contributed by atoms with Crippen molar-refractivity contribution in [2.24, 2.45) is 5.16 Å². The van der Waals surface area contributed by atoms with Crippen molar-refractivity contribution in [3.05, 3.63) is 59.7 Å². The summed E-state index contributed by atoms with van der Waals surface area (Å²) in [6.07, 6.45) is -0.683. The van der Waals surface area contributed by atoms with Gasteiger partial charge in [0.05, 0.1) is 19.9 Å². The second-order valence-electron chi connectivity index (χ2n) is 6.58. The Morgan fingerprint density at radius 1 is 1.17 bits per heavy atom. The normalized spacial score (nSPS) is 17.8. The quantitative estimate of drug-likeness (QED) is 0.712. The maximum absolute atomic E-state index is 12.9. The number of nitrogens with zero attached hydrogens (tertiary/aromatic N) is 1. The van der Waals surface area contributed by atoms with Gasteiger partial charge in [-0.25, -0.2) is 0 Å². The number of methoxy groups -OCH3 is 2. The third kappa shape index (κ3) is 4.48. The first-order valence-electron chi connectivity index (χ1n) is 8.97. The zero-order valence-corrected chi connectivity index (χ0v) is 16.1. The summed E-state index contributed by atoms with van der Waals surface area (Å²) in [6.45, 7) is 0.232. The first-order chi connectivity index (χ1) is 14.0. The van der Waals surface area contributed by atoms with E-state index in [0.29, 0.717) is 22.8 Å². The van der Waals surface area contributed by atoms with Gasteiger partial charge >= 0.3 is 0 Å². The summed E-state index contributed by atoms with van der Waals surface area (Å²) in [6, 6.07) is 14.4. The molecule has 1 amide bonds. The number of amides is 1. The summed E-state index contributed by atoms with van der Waals surface area (Å²) in [5, 5.41) is 18.1. The summed E-state index contributed by atoms with van der Waals surface area (Å²) in [4.78, 5) is 29.6. The average Bonchev–Trinajstić information content (AvgIpc) is 3.16. The molecule has 2 aromatic carbocycles. The highest BCUT2D eigenvalue weighted by atomic mass is 16.7. The fourth-order valence-electron chi connectivity index (χ4n) is 3.13. The molecule has 2 aromatic rings. The van der Waals surface area contributed by atoms with Crippen molar-refractivity contribution in [2.75, 3.05) is 14.2 Å². The number of hydrogen-bond donors (Lipinski definition) is 1. The molecule has 0 unspecified atom stereocenters. The van der Waals surface area contributed by atoms with Gasteiger partial charge in [0.1, 0.15) is 11.5 Å². The van der Waals surface area contributed by atoms with Crippen LogP contribution in [0, 0.1) is 0 Å². The zero-order chi connectivity index (χ0) is 20.9. The van der Waals surface area contributed by atoms with Gasteiger partial charge < -0.3 is 29.5 Å². The van der Waals surface area contributed by atoms with Crippen molar-refractivity contribution in [3.63, 3.8) is 0 Å². The maximum Gasteiger partial charge on any atom is 0.268 e. The van der Waals surface area contributed by atoms with E-state index in [1.54, 1.807) is 18.2 Å². The van der Waals surface area contributed by atoms with Crippen molar-refractivity contribution in [1.82, 2.24) is 5.32 Å². The Balaban J connectivity index is 1.82. The second-order valence-corrected chi connectivity index (χ2v) is 6.58. The molecule has 0 saturated heterocycles. The number of carbonyl (C=O) groups is 2. The maximum atomic E-state index is 12.9. The standard InChI is InChI=1S/C21H22N2O6/c1-27-15-8-9-18(28-2)16(10-15)17-11-21(29-23-17,12-19(24)25)20(26)22-13-14-6-4-3-5-7-14/h3-10H,11-13H2,1-2H3,(H,22,26)(H,24,25)/p-1/t21-/m0/s1. The third-order valence-corrected chi connectivity index (χ3v) is 4.64. The van der Waals surface area contributed by atoms with Gasteiger partial charge in [0, 0.05) is 30.9 Å². The molecule has 29 heavy (non-hydrogen) atoms. The number of carboxylic acids is 1. The zero-order valence-electron chi connectivity index (χ0n) is 16.1. The van der Waals surface area contributed by atoms with Crippen molar-refractivity contribution >= 4 is 17.6 Å². The first kappa shape index (κ1) is 20.2. The van der Waals surface area contributed by atoms with Crippen LogP contribution in [0.25, 0.3) is 0 Å². The molecule has 1 atom stereocenters. The van der Waals surface area contributed by atoms with E-state index in [1.807, 2.05) is 30.3 Å². The van der Waals surface area contributed by atoms with Crippen molar-refractivity contribution in [1.29, 1.82) is 0 Å². The van der Waals surface area contributed by atoms with Gasteiger partial charge in [-0.2, -0.15) is 0 Å². The van der Waals surface area contributed by atoms with Crippen LogP contribution in [0.15, 0.2) is 53.7 Å². The fraction of sp³-hybridized carbons (Fsp3) is 0.286. The van der Waals surface area contributed by atoms with Crippen molar-refractivity contribution < 1.29 is 29.0 Å². The predicted molar refractivity (Wildman–Crippen MR) is 102 cm³/mol. The molecule has 1 aliphatic rings. The van der Waals surface area contributed by atoms with Gasteiger partial charge in [0.15, 0.2) is 0 Å². The number of hydrogen-bond acceptors (Lipinski definition) is 7. The summed E-state index contributed by atoms with van der Waals surface area (Å²) < 4.78 is 10.6. The molecule has 1 N–H and O–H groups in total. The molecule has 1 heterocycles. The van der Waals surface area contributed by atoms with Gasteiger partial charge in [-0.05, 0) is 23.8 Å². The monoisotopic (exact) mass is 397 g/mol. The predicted octanol–water partition coefficient (Wildman–Crippen LogP) is 1.02. The van der Waals surface area contributed by atoms with Crippen LogP contribution in [0.3, 0.4) is 0 Å². The molecular formula is C21H21N2O6-. The number of carbonyl (C=O) groups excluding carboxylic acids is 2. The molecule has 8 nitrogen and oxygen atoms in total. The van der Waals surface area contributed by atoms with Crippen LogP contribution < -0.4 is 19.9 Å². The minimum Gasteiger partial charge on any atom is -0.550 e. The largest absolute Gasteiger partial charge is 0.550 e. The molecule has 1 aliphatic heterocycles. The van der Waals surface area contributed by atoms with E-state index in [1.165, 1.54) is 14.2 Å². The van der Waals surface area contributed by atoms with E-state index >= 15 is 0 Å². The number of aliphatic carboxylic acids is 1. The molecule has 0 saturated carbocycles. The smallest absolute Gasteiger partial charge is 0.268 e. The lowest BCUT2D eigenvalue weighted by Crippen LogP contribution is -2.50. The van der Waals surface area contributed by atoms with Crippen LogP contribution in [0.5, 0.6) is 11.5 Å². The van der Waals surface area contributed by atoms with Crippen LogP contribution >= 0.6 is 0 Å². The molecule has 8 heteroatoms. The molecule has 0 bridgehead atoms. The Hall–Kier alpha value is -3.55. The van der Waals surface area contributed by atoms with Crippen LogP contribution in [0.2, 0.25) is 0 Å². The highest BCUT2D eigenvalue weighted by Crippen LogP contribution is 2.34. The lowest BCUT2D eigenvalue weighted by atomic mass is 9.89. The second kappa shape index (κ2) is 8.64. The van der Waals surface area contributed by atoms with E-state index < -0.39 is 23.9 Å². The van der Waals surface area contributed by atoms with Crippen LogP contribution in [-0.4, -0.2) is 37.4 Å². The topological polar surface area (TPSA) is 109 Å². The lowest BCUT2D eigenvalue weighted by molar-refractivity contribution is -0.309. The van der Waals surface area contributed by atoms with Crippen LogP contribution in [0.1, 0.15) is 24.0 Å². The van der Waals surface area contributed by atoms with Crippen LogP contribution in [-0.2, 0) is 21.0 Å². The van der Waals surface area contributed by atoms with Crippen molar-refractivity contribution in [2.45, 2.75) is 25.0 Å². The Morgan fingerprint density at radius 2 is 1.93 bits per heavy atom. The molecule has 0 aromatic heterocycles. The Bertz CT molecular complexity index is 928. The summed E-state index contributed by atoms with van der Waals surface area (Å²) in [5.41, 5.74) is 0.120. The minimum absolute atomic E-state index is 0.0505. The molecule has 0 radical (unpaired) electrons. The van der Waals surface area contributed by atoms with E-state index in [-0.39, 0.29) is 13.0 Å². The Labute approximate surface area is 168 Å². The molecule has 0 spiro atoms. The summed E-state index contributed by atoms with van der Waals surface area (Å²) in [5.74, 6) is -0.920. The molecule has 3 rings (SSSR count). The van der Waals surface area contributed by atoms with Gasteiger partial charge in [-0.3, -0.25) is 4.79 Å². The number of benzene rings is 2. The highest BCUT2D eigenvalue weighted by molar-refractivity contribution is 6.08. The summed E-state index contributed by atoms with van der Waals surface area (Å²) in [7, 11) is 3.03. The van der Waals surface area contributed by atoms with E-state index in [4.69, 9.17) is 14.3 Å². The molecule has 0 aliphatic carbocycles. The third-order valence-electron chi connectivity index (χ3n) is 4.64. The molecule has 152 valence electrons. The van der Waals surface area contributed by atoms with Crippen LogP contribution in [0.4, 0.5) is 0 Å². The summed E-state index contributed by atoms with van der Waals surface area (Å²) >= 11 is 0. The van der Waals surface area contributed by atoms with Gasteiger partial charge in [0.25, 0.3) is 5.91 Å². The van der Waals surface area contributed by atoms with Crippen molar-refractivity contribution in [3.8, 4) is 11.5 Å². The fourth-order valence-corrected chi connectivity index (χ4v) is 3.13. The number of oxime groups is 1. The first-order valence-corrected chi connectivity index (χ1v) is 8.97.